The zero-order chi connectivity index (χ0) is 13.2. The second kappa shape index (κ2) is 5.68. The van der Waals surface area contributed by atoms with Gasteiger partial charge in [0.15, 0.2) is 0 Å². The summed E-state index contributed by atoms with van der Waals surface area (Å²) in [7, 11) is 0. The lowest BCUT2D eigenvalue weighted by molar-refractivity contribution is -0.0922. The standard InChI is InChI=1S/C15H27NO3/c17-12-14(6-9-18-10-7-14)16-13-3-8-19-15(11-13)4-1-2-5-15/h13,16-17H,1-12H2. The Morgan fingerprint density at radius 3 is 2.47 bits per heavy atom. The summed E-state index contributed by atoms with van der Waals surface area (Å²) >= 11 is 0. The molecule has 3 fully saturated rings. The molecule has 1 aliphatic carbocycles. The summed E-state index contributed by atoms with van der Waals surface area (Å²) in [6.45, 7) is 2.63. The minimum atomic E-state index is -0.111. The van der Waals surface area contributed by atoms with Crippen LogP contribution in [0.2, 0.25) is 0 Å². The van der Waals surface area contributed by atoms with E-state index in [1.807, 2.05) is 0 Å². The summed E-state index contributed by atoms with van der Waals surface area (Å²) in [5.74, 6) is 0. The molecule has 4 heteroatoms. The van der Waals surface area contributed by atoms with E-state index in [0.717, 1.165) is 45.5 Å². The van der Waals surface area contributed by atoms with Gasteiger partial charge < -0.3 is 19.9 Å². The highest BCUT2D eigenvalue weighted by molar-refractivity contribution is 4.98. The van der Waals surface area contributed by atoms with Gasteiger partial charge in [0.25, 0.3) is 0 Å². The molecule has 19 heavy (non-hydrogen) atoms. The molecule has 1 atom stereocenters. The number of aliphatic hydroxyl groups excluding tert-OH is 1. The first-order chi connectivity index (χ1) is 9.26. The van der Waals surface area contributed by atoms with Crippen molar-refractivity contribution in [3.63, 3.8) is 0 Å². The van der Waals surface area contributed by atoms with Crippen molar-refractivity contribution in [1.82, 2.24) is 5.32 Å². The van der Waals surface area contributed by atoms with Crippen molar-refractivity contribution in [2.75, 3.05) is 26.4 Å². The molecule has 4 nitrogen and oxygen atoms in total. The third-order valence-electron chi connectivity index (χ3n) is 5.27. The Morgan fingerprint density at radius 1 is 1.05 bits per heavy atom. The molecule has 0 aromatic rings. The third kappa shape index (κ3) is 2.97. The molecule has 3 rings (SSSR count). The van der Waals surface area contributed by atoms with Crippen molar-refractivity contribution in [2.24, 2.45) is 0 Å². The highest BCUT2D eigenvalue weighted by Gasteiger charge is 2.42. The van der Waals surface area contributed by atoms with Crippen molar-refractivity contribution in [1.29, 1.82) is 0 Å². The average molecular weight is 269 g/mol. The number of hydrogen-bond donors (Lipinski definition) is 2. The fourth-order valence-electron chi connectivity index (χ4n) is 4.06. The van der Waals surface area contributed by atoms with Gasteiger partial charge in [-0.25, -0.2) is 0 Å². The summed E-state index contributed by atoms with van der Waals surface area (Å²) < 4.78 is 11.5. The van der Waals surface area contributed by atoms with Crippen LogP contribution in [-0.4, -0.2) is 48.7 Å². The highest BCUT2D eigenvalue weighted by atomic mass is 16.5. The summed E-state index contributed by atoms with van der Waals surface area (Å²) in [4.78, 5) is 0. The lowest BCUT2D eigenvalue weighted by Gasteiger charge is -2.44. The molecule has 0 aromatic carbocycles. The molecule has 110 valence electrons. The van der Waals surface area contributed by atoms with Crippen LogP contribution in [0.4, 0.5) is 0 Å². The number of nitrogens with one attached hydrogen (secondary N) is 1. The molecule has 2 saturated heterocycles. The number of rotatable bonds is 3. The van der Waals surface area contributed by atoms with E-state index in [1.165, 1.54) is 25.7 Å². The topological polar surface area (TPSA) is 50.7 Å². The quantitative estimate of drug-likeness (QED) is 0.817. The maximum absolute atomic E-state index is 9.78. The van der Waals surface area contributed by atoms with Gasteiger partial charge in [0.1, 0.15) is 0 Å². The minimum Gasteiger partial charge on any atom is -0.394 e. The second-order valence-corrected chi connectivity index (χ2v) is 6.62. The molecule has 0 radical (unpaired) electrons. The van der Waals surface area contributed by atoms with E-state index < -0.39 is 0 Å². The smallest absolute Gasteiger partial charge is 0.0697 e. The van der Waals surface area contributed by atoms with E-state index in [2.05, 4.69) is 5.32 Å². The Bertz CT molecular complexity index is 296. The highest BCUT2D eigenvalue weighted by Crippen LogP contribution is 2.40. The van der Waals surface area contributed by atoms with Gasteiger partial charge in [-0.15, -0.1) is 0 Å². The number of aliphatic hydroxyl groups is 1. The fraction of sp³-hybridized carbons (Fsp3) is 1.00. The van der Waals surface area contributed by atoms with Crippen molar-refractivity contribution in [2.45, 2.75) is 68.5 Å². The van der Waals surface area contributed by atoms with Crippen molar-refractivity contribution < 1.29 is 14.6 Å². The third-order valence-corrected chi connectivity index (χ3v) is 5.27. The van der Waals surface area contributed by atoms with Gasteiger partial charge in [-0.3, -0.25) is 0 Å². The van der Waals surface area contributed by atoms with Gasteiger partial charge in [-0.05, 0) is 38.5 Å². The molecule has 2 heterocycles. The van der Waals surface area contributed by atoms with Crippen LogP contribution in [0.15, 0.2) is 0 Å². The zero-order valence-corrected chi connectivity index (χ0v) is 11.8. The van der Waals surface area contributed by atoms with Gasteiger partial charge in [-0.2, -0.15) is 0 Å². The Labute approximate surface area is 115 Å². The molecule has 1 saturated carbocycles. The summed E-state index contributed by atoms with van der Waals surface area (Å²) in [5.41, 5.74) is 0.0395. The Morgan fingerprint density at radius 2 is 1.79 bits per heavy atom. The lowest BCUT2D eigenvalue weighted by atomic mass is 9.84. The van der Waals surface area contributed by atoms with E-state index in [4.69, 9.17) is 9.47 Å². The van der Waals surface area contributed by atoms with Crippen molar-refractivity contribution in [3.8, 4) is 0 Å². The molecular weight excluding hydrogens is 242 g/mol. The van der Waals surface area contributed by atoms with Gasteiger partial charge in [0.05, 0.1) is 12.2 Å². The van der Waals surface area contributed by atoms with Gasteiger partial charge >= 0.3 is 0 Å². The van der Waals surface area contributed by atoms with E-state index in [9.17, 15) is 5.11 Å². The largest absolute Gasteiger partial charge is 0.394 e. The Balaban J connectivity index is 1.61. The van der Waals surface area contributed by atoms with Crippen LogP contribution in [0.25, 0.3) is 0 Å². The maximum Gasteiger partial charge on any atom is 0.0697 e. The predicted molar refractivity (Wildman–Crippen MR) is 73.2 cm³/mol. The minimum absolute atomic E-state index is 0.111. The number of hydrogen-bond acceptors (Lipinski definition) is 4. The van der Waals surface area contributed by atoms with Gasteiger partial charge in [0.2, 0.25) is 0 Å². The fourth-order valence-corrected chi connectivity index (χ4v) is 4.06. The molecule has 0 bridgehead atoms. The average Bonchev–Trinajstić information content (AvgIpc) is 2.88. The van der Waals surface area contributed by atoms with E-state index >= 15 is 0 Å². The van der Waals surface area contributed by atoms with Crippen molar-refractivity contribution >= 4 is 0 Å². The second-order valence-electron chi connectivity index (χ2n) is 6.62. The Kier molecular flexibility index (Phi) is 4.13. The molecular formula is C15H27NO3. The first-order valence-electron chi connectivity index (χ1n) is 7.86. The van der Waals surface area contributed by atoms with Gasteiger partial charge in [0, 0.05) is 31.4 Å². The van der Waals surface area contributed by atoms with Crippen LogP contribution in [-0.2, 0) is 9.47 Å². The van der Waals surface area contributed by atoms with Crippen LogP contribution < -0.4 is 5.32 Å². The van der Waals surface area contributed by atoms with Crippen LogP contribution in [0.3, 0.4) is 0 Å². The SMILES string of the molecule is OCC1(NC2CCOC3(CCCC3)C2)CCOCC1. The van der Waals surface area contributed by atoms with Crippen LogP contribution in [0, 0.1) is 0 Å². The molecule has 3 aliphatic rings. The molecule has 2 N–H and O–H groups in total. The first-order valence-corrected chi connectivity index (χ1v) is 7.86. The monoisotopic (exact) mass is 269 g/mol. The summed E-state index contributed by atoms with van der Waals surface area (Å²) in [6, 6.07) is 0.497. The summed E-state index contributed by atoms with van der Waals surface area (Å²) in [6.07, 6.45) is 9.11. The molecule has 0 aromatic heterocycles. The maximum atomic E-state index is 9.78. The lowest BCUT2D eigenvalue weighted by Crippen LogP contribution is -2.59. The van der Waals surface area contributed by atoms with Crippen LogP contribution in [0.5, 0.6) is 0 Å². The first kappa shape index (κ1) is 13.8. The summed E-state index contributed by atoms with van der Waals surface area (Å²) in [5, 5.41) is 13.5. The predicted octanol–water partition coefficient (Wildman–Crippen LogP) is 1.61. The molecule has 2 aliphatic heterocycles. The van der Waals surface area contributed by atoms with E-state index in [-0.39, 0.29) is 17.7 Å². The van der Waals surface area contributed by atoms with Crippen LogP contribution in [0.1, 0.15) is 51.4 Å². The normalized spacial score (nSPS) is 33.6. The van der Waals surface area contributed by atoms with E-state index in [1.54, 1.807) is 0 Å². The molecule has 0 amide bonds. The van der Waals surface area contributed by atoms with Gasteiger partial charge in [-0.1, -0.05) is 12.8 Å². The van der Waals surface area contributed by atoms with E-state index in [0.29, 0.717) is 6.04 Å². The molecule has 1 unspecified atom stereocenters. The Hall–Kier alpha value is -0.160. The van der Waals surface area contributed by atoms with Crippen LogP contribution >= 0.6 is 0 Å². The van der Waals surface area contributed by atoms with Crippen molar-refractivity contribution in [3.05, 3.63) is 0 Å². The number of ether oxygens (including phenoxy) is 2. The zero-order valence-electron chi connectivity index (χ0n) is 11.8. The molecule has 1 spiro atoms.